The van der Waals surface area contributed by atoms with Crippen molar-refractivity contribution in [3.63, 3.8) is 0 Å². The molecule has 3 heteroatoms. The van der Waals surface area contributed by atoms with Crippen LogP contribution < -0.4 is 10.6 Å². The van der Waals surface area contributed by atoms with Gasteiger partial charge in [0.05, 0.1) is 0 Å². The number of hydrogen-bond donors (Lipinski definition) is 2. The van der Waals surface area contributed by atoms with Gasteiger partial charge in [-0.3, -0.25) is 0 Å². The van der Waals surface area contributed by atoms with Gasteiger partial charge < -0.3 is 10.6 Å². The van der Waals surface area contributed by atoms with Crippen LogP contribution in [0.25, 0.3) is 0 Å². The lowest BCUT2D eigenvalue weighted by Crippen LogP contribution is -2.32. The third kappa shape index (κ3) is 4.24. The molecule has 0 aliphatic rings. The molecular weight excluding hydrogens is 216 g/mol. The fourth-order valence-electron chi connectivity index (χ4n) is 1.76. The van der Waals surface area contributed by atoms with E-state index < -0.39 is 0 Å². The van der Waals surface area contributed by atoms with Gasteiger partial charge in [0, 0.05) is 11.4 Å². The molecule has 0 saturated carbocycles. The fourth-order valence-corrected chi connectivity index (χ4v) is 2.64. The average molecular weight is 240 g/mol. The van der Waals surface area contributed by atoms with Crippen LogP contribution in [0.5, 0.6) is 0 Å². The van der Waals surface area contributed by atoms with E-state index in [1.54, 1.807) is 0 Å². The Labute approximate surface area is 103 Å². The zero-order valence-electron chi connectivity index (χ0n) is 10.8. The summed E-state index contributed by atoms with van der Waals surface area (Å²) in [5.74, 6) is 1.44. The van der Waals surface area contributed by atoms with E-state index >= 15 is 0 Å². The van der Waals surface area contributed by atoms with Crippen molar-refractivity contribution in [3.8, 4) is 0 Å². The van der Waals surface area contributed by atoms with Gasteiger partial charge in [0.2, 0.25) is 0 Å². The number of rotatable bonds is 7. The zero-order chi connectivity index (χ0) is 12.0. The van der Waals surface area contributed by atoms with Gasteiger partial charge in [0.25, 0.3) is 0 Å². The second kappa shape index (κ2) is 7.05. The first kappa shape index (κ1) is 13.7. The van der Waals surface area contributed by atoms with E-state index in [2.05, 4.69) is 42.9 Å². The Morgan fingerprint density at radius 1 is 1.31 bits per heavy atom. The molecule has 2 nitrogen and oxygen atoms in total. The molecule has 1 atom stereocenters. The highest BCUT2D eigenvalue weighted by Gasteiger charge is 2.11. The van der Waals surface area contributed by atoms with Crippen molar-refractivity contribution in [1.82, 2.24) is 10.6 Å². The minimum Gasteiger partial charge on any atom is -0.319 e. The van der Waals surface area contributed by atoms with Crippen molar-refractivity contribution in [2.75, 3.05) is 20.1 Å². The van der Waals surface area contributed by atoms with Gasteiger partial charge in [-0.15, -0.1) is 11.3 Å². The van der Waals surface area contributed by atoms with E-state index in [0.29, 0.717) is 5.92 Å². The fraction of sp³-hybridized carbons (Fsp3) is 0.692. The second-order valence-corrected chi connectivity index (χ2v) is 5.72. The third-order valence-electron chi connectivity index (χ3n) is 3.07. The molecule has 0 saturated heterocycles. The van der Waals surface area contributed by atoms with Crippen LogP contribution in [0.4, 0.5) is 0 Å². The van der Waals surface area contributed by atoms with Gasteiger partial charge >= 0.3 is 0 Å². The maximum Gasteiger partial charge on any atom is 0.0302 e. The monoisotopic (exact) mass is 240 g/mol. The molecule has 0 radical (unpaired) electrons. The molecule has 1 unspecified atom stereocenters. The average Bonchev–Trinajstić information content (AvgIpc) is 2.63. The van der Waals surface area contributed by atoms with Gasteiger partial charge in [-0.05, 0) is 55.9 Å². The van der Waals surface area contributed by atoms with E-state index in [-0.39, 0.29) is 0 Å². The second-order valence-electron chi connectivity index (χ2n) is 4.72. The first-order chi connectivity index (χ1) is 7.65. The van der Waals surface area contributed by atoms with Crippen LogP contribution in [-0.2, 0) is 6.54 Å². The standard InChI is InChI=1S/C13H24N2S/c1-10(2)12(7-14-4)8-15-9-13-11(3)5-6-16-13/h5-6,10,12,14-15H,7-9H2,1-4H3. The summed E-state index contributed by atoms with van der Waals surface area (Å²) in [4.78, 5) is 1.46. The minimum atomic E-state index is 0.713. The molecule has 1 aromatic rings. The highest BCUT2D eigenvalue weighted by Crippen LogP contribution is 2.15. The van der Waals surface area contributed by atoms with E-state index in [9.17, 15) is 0 Å². The number of thiophene rings is 1. The molecular formula is C13H24N2S. The van der Waals surface area contributed by atoms with Crippen molar-refractivity contribution >= 4 is 11.3 Å². The highest BCUT2D eigenvalue weighted by molar-refractivity contribution is 7.10. The molecule has 1 heterocycles. The molecule has 1 rings (SSSR count). The van der Waals surface area contributed by atoms with E-state index in [0.717, 1.165) is 25.6 Å². The molecule has 16 heavy (non-hydrogen) atoms. The molecule has 92 valence electrons. The SMILES string of the molecule is CNCC(CNCc1sccc1C)C(C)C. The first-order valence-corrected chi connectivity index (χ1v) is 6.91. The Morgan fingerprint density at radius 2 is 2.06 bits per heavy atom. The maximum absolute atomic E-state index is 3.57. The number of nitrogens with one attached hydrogen (secondary N) is 2. The van der Waals surface area contributed by atoms with Gasteiger partial charge in [0.1, 0.15) is 0 Å². The van der Waals surface area contributed by atoms with Gasteiger partial charge in [0.15, 0.2) is 0 Å². The summed E-state index contributed by atoms with van der Waals surface area (Å²) in [6.45, 7) is 9.96. The van der Waals surface area contributed by atoms with Crippen molar-refractivity contribution in [1.29, 1.82) is 0 Å². The van der Waals surface area contributed by atoms with Crippen LogP contribution in [0.1, 0.15) is 24.3 Å². The van der Waals surface area contributed by atoms with Crippen LogP contribution in [0.3, 0.4) is 0 Å². The summed E-state index contributed by atoms with van der Waals surface area (Å²) < 4.78 is 0. The summed E-state index contributed by atoms with van der Waals surface area (Å²) in [5.41, 5.74) is 1.41. The van der Waals surface area contributed by atoms with Gasteiger partial charge in [-0.1, -0.05) is 13.8 Å². The van der Waals surface area contributed by atoms with Crippen molar-refractivity contribution in [3.05, 3.63) is 21.9 Å². The summed E-state index contributed by atoms with van der Waals surface area (Å²) in [5, 5.41) is 9.00. The van der Waals surface area contributed by atoms with Gasteiger partial charge in [-0.25, -0.2) is 0 Å². The Hall–Kier alpha value is -0.380. The predicted octanol–water partition coefficient (Wildman–Crippen LogP) is 2.64. The van der Waals surface area contributed by atoms with Crippen molar-refractivity contribution in [2.24, 2.45) is 11.8 Å². The highest BCUT2D eigenvalue weighted by atomic mass is 32.1. The Bertz CT molecular complexity index is 294. The molecule has 0 aliphatic carbocycles. The van der Waals surface area contributed by atoms with E-state index in [4.69, 9.17) is 0 Å². The third-order valence-corrected chi connectivity index (χ3v) is 4.09. The normalized spacial score (nSPS) is 13.3. The Morgan fingerprint density at radius 3 is 2.56 bits per heavy atom. The quantitative estimate of drug-likeness (QED) is 0.765. The lowest BCUT2D eigenvalue weighted by atomic mass is 9.96. The largest absolute Gasteiger partial charge is 0.319 e. The zero-order valence-corrected chi connectivity index (χ0v) is 11.7. The molecule has 0 aliphatic heterocycles. The molecule has 0 fully saturated rings. The van der Waals surface area contributed by atoms with Crippen molar-refractivity contribution in [2.45, 2.75) is 27.3 Å². The van der Waals surface area contributed by atoms with E-state index in [1.165, 1.54) is 10.4 Å². The minimum absolute atomic E-state index is 0.713. The Kier molecular flexibility index (Phi) is 6.03. The molecule has 0 bridgehead atoms. The van der Waals surface area contributed by atoms with E-state index in [1.807, 2.05) is 18.4 Å². The summed E-state index contributed by atoms with van der Waals surface area (Å²) in [7, 11) is 2.03. The predicted molar refractivity (Wildman–Crippen MR) is 73.0 cm³/mol. The molecule has 0 aromatic carbocycles. The maximum atomic E-state index is 3.57. The van der Waals surface area contributed by atoms with Crippen LogP contribution in [0.2, 0.25) is 0 Å². The lowest BCUT2D eigenvalue weighted by molar-refractivity contribution is 0.352. The van der Waals surface area contributed by atoms with Crippen LogP contribution in [0, 0.1) is 18.8 Å². The molecule has 0 spiro atoms. The number of aryl methyl sites for hydroxylation is 1. The van der Waals surface area contributed by atoms with Crippen LogP contribution in [0.15, 0.2) is 11.4 Å². The molecule has 2 N–H and O–H groups in total. The number of hydrogen-bond acceptors (Lipinski definition) is 3. The topological polar surface area (TPSA) is 24.1 Å². The summed E-state index contributed by atoms with van der Waals surface area (Å²) in [6.07, 6.45) is 0. The van der Waals surface area contributed by atoms with Gasteiger partial charge in [-0.2, -0.15) is 0 Å². The summed E-state index contributed by atoms with van der Waals surface area (Å²) >= 11 is 1.84. The van der Waals surface area contributed by atoms with Crippen LogP contribution in [-0.4, -0.2) is 20.1 Å². The van der Waals surface area contributed by atoms with Crippen LogP contribution >= 0.6 is 11.3 Å². The smallest absolute Gasteiger partial charge is 0.0302 e. The Balaban J connectivity index is 2.30. The summed E-state index contributed by atoms with van der Waals surface area (Å²) in [6, 6.07) is 2.19. The lowest BCUT2D eigenvalue weighted by Gasteiger charge is -2.20. The first-order valence-electron chi connectivity index (χ1n) is 6.03. The van der Waals surface area contributed by atoms with Crippen molar-refractivity contribution < 1.29 is 0 Å². The molecule has 0 amide bonds. The molecule has 1 aromatic heterocycles.